The van der Waals surface area contributed by atoms with Crippen LogP contribution in [0.25, 0.3) is 16.8 Å². The van der Waals surface area contributed by atoms with E-state index in [-0.39, 0.29) is 5.76 Å². The average Bonchev–Trinajstić information content (AvgIpc) is 2.49. The first-order valence-electron chi connectivity index (χ1n) is 3.38. The van der Waals surface area contributed by atoms with E-state index < -0.39 is 0 Å². The van der Waals surface area contributed by atoms with Crippen LogP contribution in [0.1, 0.15) is 5.56 Å². The largest absolute Gasteiger partial charge is 0.508 e. The van der Waals surface area contributed by atoms with Crippen molar-refractivity contribution in [3.8, 4) is 0 Å². The van der Waals surface area contributed by atoms with Gasteiger partial charge in [-0.2, -0.15) is 0 Å². The van der Waals surface area contributed by atoms with E-state index in [1.54, 1.807) is 18.2 Å². The van der Waals surface area contributed by atoms with Crippen LogP contribution in [0.15, 0.2) is 29.4 Å². The summed E-state index contributed by atoms with van der Waals surface area (Å²) >= 11 is 0. The van der Waals surface area contributed by atoms with E-state index >= 15 is 0 Å². The van der Waals surface area contributed by atoms with Crippen molar-refractivity contribution in [3.63, 3.8) is 0 Å². The Balaban J connectivity index is 2.68. The predicted molar refractivity (Wildman–Crippen MR) is 43.5 cm³/mol. The third kappa shape index (κ3) is 0.934. The summed E-state index contributed by atoms with van der Waals surface area (Å²) < 4.78 is 4.49. The fraction of sp³-hybridized carbons (Fsp3) is 0. The molecule has 1 heterocycles. The minimum atomic E-state index is 0.0138. The lowest BCUT2D eigenvalue weighted by atomic mass is 10.2. The van der Waals surface area contributed by atoms with Gasteiger partial charge in [-0.15, -0.1) is 0 Å². The highest BCUT2D eigenvalue weighted by molar-refractivity contribution is 5.77. The summed E-state index contributed by atoms with van der Waals surface area (Å²) in [6.07, 6.45) is 0. The highest BCUT2D eigenvalue weighted by Gasteiger charge is 2.02. The molecule has 0 atom stereocenters. The van der Waals surface area contributed by atoms with Crippen LogP contribution < -0.4 is 0 Å². The Morgan fingerprint density at radius 1 is 1.33 bits per heavy atom. The average molecular weight is 162 g/mol. The number of aliphatic hydroxyl groups excluding tert-OH is 1. The molecule has 12 heavy (non-hydrogen) atoms. The summed E-state index contributed by atoms with van der Waals surface area (Å²) in [7, 11) is 0. The van der Waals surface area contributed by atoms with Crippen LogP contribution in [0.4, 0.5) is 0 Å². The predicted octanol–water partition coefficient (Wildman–Crippen LogP) is 1.75. The molecule has 0 aliphatic rings. The number of hydrogen-bond donors (Lipinski definition) is 1. The van der Waals surface area contributed by atoms with Crippen LogP contribution >= 0.6 is 0 Å². The Kier molecular flexibility index (Phi) is 1.33. The van der Waals surface area contributed by atoms with E-state index in [1.807, 2.05) is 0 Å². The van der Waals surface area contributed by atoms with Gasteiger partial charge in [-0.3, -0.25) is 0 Å². The molecule has 0 aliphatic carbocycles. The summed E-state index contributed by atoms with van der Waals surface area (Å²) in [5.41, 5.74) is 1.90. The molecule has 0 saturated heterocycles. The van der Waals surface area contributed by atoms with Crippen LogP contribution in [0.2, 0.25) is 0 Å². The van der Waals surface area contributed by atoms with Crippen molar-refractivity contribution in [2.24, 2.45) is 0 Å². The fourth-order valence-electron chi connectivity index (χ4n) is 0.962. The maximum Gasteiger partial charge on any atom is 0.135 e. The van der Waals surface area contributed by atoms with Crippen LogP contribution in [0.3, 0.4) is 0 Å². The summed E-state index contributed by atoms with van der Waals surface area (Å²) in [5.74, 6) is 0.0138. The van der Waals surface area contributed by atoms with E-state index in [9.17, 15) is 0 Å². The molecular weight excluding hydrogens is 156 g/mol. The fourth-order valence-corrected chi connectivity index (χ4v) is 0.962. The molecule has 4 heteroatoms. The van der Waals surface area contributed by atoms with E-state index in [2.05, 4.69) is 21.5 Å². The third-order valence-corrected chi connectivity index (χ3v) is 1.59. The molecule has 0 radical (unpaired) electrons. The van der Waals surface area contributed by atoms with Gasteiger partial charge in [-0.05, 0) is 28.5 Å². The molecule has 60 valence electrons. The molecule has 0 saturated carbocycles. The molecule has 0 fully saturated rings. The number of rotatable bonds is 1. The molecule has 1 aromatic carbocycles. The lowest BCUT2D eigenvalue weighted by Crippen LogP contribution is -1.80. The first-order valence-corrected chi connectivity index (χ1v) is 3.38. The molecule has 2 rings (SSSR count). The highest BCUT2D eigenvalue weighted by Crippen LogP contribution is 2.15. The quantitative estimate of drug-likeness (QED) is 0.649. The maximum absolute atomic E-state index is 9.05. The zero-order valence-corrected chi connectivity index (χ0v) is 6.19. The SMILES string of the molecule is C=C(O)c1ccc2nonc2c1. The molecule has 1 aromatic heterocycles. The molecular formula is C8H6N2O2. The lowest BCUT2D eigenvalue weighted by molar-refractivity contribution is 0.315. The molecule has 0 aliphatic heterocycles. The topological polar surface area (TPSA) is 59.2 Å². The number of benzene rings is 1. The standard InChI is InChI=1S/C8H6N2O2/c1-5(11)6-2-3-7-8(4-6)10-12-9-7/h2-4,11H,1H2. The van der Waals surface area contributed by atoms with Gasteiger partial charge in [0, 0.05) is 5.56 Å². The number of nitrogens with zero attached hydrogens (tertiary/aromatic N) is 2. The van der Waals surface area contributed by atoms with Crippen LogP contribution in [0, 0.1) is 0 Å². The van der Waals surface area contributed by atoms with Gasteiger partial charge in [0.2, 0.25) is 0 Å². The van der Waals surface area contributed by atoms with Crippen molar-refractivity contribution in [1.29, 1.82) is 0 Å². The van der Waals surface area contributed by atoms with Gasteiger partial charge in [-0.25, -0.2) is 4.63 Å². The second-order valence-corrected chi connectivity index (χ2v) is 2.41. The van der Waals surface area contributed by atoms with Gasteiger partial charge < -0.3 is 5.11 Å². The van der Waals surface area contributed by atoms with E-state index in [0.717, 1.165) is 0 Å². The van der Waals surface area contributed by atoms with Gasteiger partial charge in [0.15, 0.2) is 0 Å². The number of aliphatic hydroxyl groups is 1. The number of hydrogen-bond acceptors (Lipinski definition) is 4. The maximum atomic E-state index is 9.05. The van der Waals surface area contributed by atoms with E-state index in [0.29, 0.717) is 16.6 Å². The Labute approximate surface area is 68.1 Å². The van der Waals surface area contributed by atoms with Gasteiger partial charge >= 0.3 is 0 Å². The molecule has 1 N–H and O–H groups in total. The van der Waals surface area contributed by atoms with Crippen molar-refractivity contribution in [2.45, 2.75) is 0 Å². The van der Waals surface area contributed by atoms with Gasteiger partial charge in [-0.1, -0.05) is 6.58 Å². The van der Waals surface area contributed by atoms with E-state index in [4.69, 9.17) is 5.11 Å². The van der Waals surface area contributed by atoms with Crippen molar-refractivity contribution in [1.82, 2.24) is 10.3 Å². The second-order valence-electron chi connectivity index (χ2n) is 2.41. The minimum absolute atomic E-state index is 0.0138. The monoisotopic (exact) mass is 162 g/mol. The van der Waals surface area contributed by atoms with Gasteiger partial charge in [0.1, 0.15) is 16.8 Å². The van der Waals surface area contributed by atoms with Crippen molar-refractivity contribution < 1.29 is 9.74 Å². The smallest absolute Gasteiger partial charge is 0.135 e. The van der Waals surface area contributed by atoms with Crippen LogP contribution in [0.5, 0.6) is 0 Å². The first kappa shape index (κ1) is 6.84. The van der Waals surface area contributed by atoms with Crippen molar-refractivity contribution in [3.05, 3.63) is 30.3 Å². The molecule has 0 bridgehead atoms. The molecule has 0 unspecified atom stereocenters. The van der Waals surface area contributed by atoms with Gasteiger partial charge in [0.05, 0.1) is 0 Å². The first-order chi connectivity index (χ1) is 5.77. The third-order valence-electron chi connectivity index (χ3n) is 1.59. The number of aromatic nitrogens is 2. The summed E-state index contributed by atoms with van der Waals surface area (Å²) in [6.45, 7) is 3.39. The van der Waals surface area contributed by atoms with Crippen molar-refractivity contribution >= 4 is 16.8 Å². The Morgan fingerprint density at radius 3 is 2.83 bits per heavy atom. The summed E-state index contributed by atoms with van der Waals surface area (Å²) in [6, 6.07) is 5.08. The molecule has 2 aromatic rings. The molecule has 0 spiro atoms. The van der Waals surface area contributed by atoms with Gasteiger partial charge in [0.25, 0.3) is 0 Å². The molecule has 4 nitrogen and oxygen atoms in total. The summed E-state index contributed by atoms with van der Waals surface area (Å²) in [4.78, 5) is 0. The zero-order chi connectivity index (χ0) is 8.55. The lowest BCUT2D eigenvalue weighted by Gasteiger charge is -1.94. The Morgan fingerprint density at radius 2 is 2.08 bits per heavy atom. The van der Waals surface area contributed by atoms with Crippen molar-refractivity contribution in [2.75, 3.05) is 0 Å². The normalized spacial score (nSPS) is 10.3. The summed E-state index contributed by atoms with van der Waals surface area (Å²) in [5, 5.41) is 16.3. The zero-order valence-electron chi connectivity index (χ0n) is 6.19. The molecule has 0 amide bonds. The Hall–Kier alpha value is -1.84. The van der Waals surface area contributed by atoms with Crippen LogP contribution in [-0.4, -0.2) is 15.4 Å². The highest BCUT2D eigenvalue weighted by atomic mass is 16.6. The Bertz CT molecular complexity index is 433. The minimum Gasteiger partial charge on any atom is -0.508 e. The van der Waals surface area contributed by atoms with E-state index in [1.165, 1.54) is 0 Å². The number of fused-ring (bicyclic) bond motifs is 1. The van der Waals surface area contributed by atoms with Crippen LogP contribution in [-0.2, 0) is 0 Å². The second kappa shape index (κ2) is 2.34.